The second-order valence-corrected chi connectivity index (χ2v) is 4.41. The zero-order chi connectivity index (χ0) is 13.2. The maximum Gasteiger partial charge on any atom is 0.119 e. The molecule has 0 aliphatic rings. The molecule has 0 radical (unpaired) electrons. The number of hydrogen-bond donors (Lipinski definition) is 1. The molecule has 0 fully saturated rings. The van der Waals surface area contributed by atoms with Gasteiger partial charge < -0.3 is 10.1 Å². The van der Waals surface area contributed by atoms with E-state index in [-0.39, 0.29) is 0 Å². The molecule has 0 saturated carbocycles. The minimum Gasteiger partial charge on any atom is -0.493 e. The third-order valence-corrected chi connectivity index (χ3v) is 2.92. The van der Waals surface area contributed by atoms with Crippen LogP contribution in [0.4, 0.5) is 0 Å². The Morgan fingerprint density at radius 2 is 2.00 bits per heavy atom. The van der Waals surface area contributed by atoms with Gasteiger partial charge in [-0.15, -0.1) is 6.58 Å². The smallest absolute Gasteiger partial charge is 0.119 e. The zero-order valence-electron chi connectivity index (χ0n) is 11.6. The molecule has 1 aromatic carbocycles. The summed E-state index contributed by atoms with van der Waals surface area (Å²) in [6.45, 7) is 9.85. The molecule has 1 atom stereocenters. The first-order valence-electron chi connectivity index (χ1n) is 6.88. The van der Waals surface area contributed by atoms with Gasteiger partial charge in [-0.25, -0.2) is 0 Å². The fourth-order valence-corrected chi connectivity index (χ4v) is 1.87. The molecule has 0 aromatic heterocycles. The van der Waals surface area contributed by atoms with E-state index in [4.69, 9.17) is 4.74 Å². The predicted octanol–water partition coefficient (Wildman–Crippen LogP) is 4.09. The molecule has 0 bridgehead atoms. The lowest BCUT2D eigenvalue weighted by Gasteiger charge is -2.17. The normalized spacial score (nSPS) is 12.1. The van der Waals surface area contributed by atoms with Crippen molar-refractivity contribution in [3.8, 4) is 5.75 Å². The van der Waals surface area contributed by atoms with Gasteiger partial charge in [0.15, 0.2) is 0 Å². The van der Waals surface area contributed by atoms with Gasteiger partial charge in [0.1, 0.15) is 5.75 Å². The summed E-state index contributed by atoms with van der Waals surface area (Å²) in [5, 5.41) is 3.55. The van der Waals surface area contributed by atoms with Gasteiger partial charge in [0.25, 0.3) is 0 Å². The second kappa shape index (κ2) is 8.76. The molecular formula is C16H25NO. The Kier molecular flexibility index (Phi) is 7.19. The van der Waals surface area contributed by atoms with Gasteiger partial charge in [-0.05, 0) is 43.5 Å². The van der Waals surface area contributed by atoms with Crippen LogP contribution in [0, 0.1) is 0 Å². The van der Waals surface area contributed by atoms with E-state index >= 15 is 0 Å². The minimum absolute atomic E-state index is 0.451. The van der Waals surface area contributed by atoms with E-state index in [2.05, 4.69) is 50.0 Å². The highest BCUT2D eigenvalue weighted by atomic mass is 16.5. The van der Waals surface area contributed by atoms with Crippen LogP contribution < -0.4 is 10.1 Å². The van der Waals surface area contributed by atoms with Crippen LogP contribution in [0.1, 0.15) is 44.7 Å². The molecule has 100 valence electrons. The van der Waals surface area contributed by atoms with E-state index in [0.717, 1.165) is 25.1 Å². The van der Waals surface area contributed by atoms with Gasteiger partial charge in [0.05, 0.1) is 6.61 Å². The van der Waals surface area contributed by atoms with Gasteiger partial charge in [-0.3, -0.25) is 0 Å². The fourth-order valence-electron chi connectivity index (χ4n) is 1.87. The predicted molar refractivity (Wildman–Crippen MR) is 78.1 cm³/mol. The van der Waals surface area contributed by atoms with E-state index < -0.39 is 0 Å². The van der Waals surface area contributed by atoms with Gasteiger partial charge >= 0.3 is 0 Å². The summed E-state index contributed by atoms with van der Waals surface area (Å²) in [7, 11) is 0. The van der Waals surface area contributed by atoms with Crippen molar-refractivity contribution >= 4 is 0 Å². The van der Waals surface area contributed by atoms with Gasteiger partial charge in [0, 0.05) is 6.04 Å². The lowest BCUT2D eigenvalue weighted by molar-refractivity contribution is 0.325. The largest absolute Gasteiger partial charge is 0.493 e. The highest BCUT2D eigenvalue weighted by molar-refractivity contribution is 5.29. The van der Waals surface area contributed by atoms with E-state index in [9.17, 15) is 0 Å². The monoisotopic (exact) mass is 247 g/mol. The molecule has 1 aromatic rings. The minimum atomic E-state index is 0.451. The molecular weight excluding hydrogens is 222 g/mol. The van der Waals surface area contributed by atoms with Crippen molar-refractivity contribution in [3.05, 3.63) is 42.5 Å². The van der Waals surface area contributed by atoms with Gasteiger partial charge in [-0.2, -0.15) is 0 Å². The van der Waals surface area contributed by atoms with E-state index in [1.807, 2.05) is 6.08 Å². The van der Waals surface area contributed by atoms with Crippen LogP contribution >= 0.6 is 0 Å². The summed E-state index contributed by atoms with van der Waals surface area (Å²) in [5.74, 6) is 0.936. The molecule has 0 saturated heterocycles. The Morgan fingerprint density at radius 3 is 2.56 bits per heavy atom. The summed E-state index contributed by atoms with van der Waals surface area (Å²) in [5.41, 5.74) is 1.34. The quantitative estimate of drug-likeness (QED) is 0.524. The summed E-state index contributed by atoms with van der Waals surface area (Å²) < 4.78 is 5.60. The number of rotatable bonds is 9. The third-order valence-electron chi connectivity index (χ3n) is 2.92. The fraction of sp³-hybridized carbons (Fsp3) is 0.500. The van der Waals surface area contributed by atoms with Crippen molar-refractivity contribution in [2.75, 3.05) is 13.2 Å². The first kappa shape index (κ1) is 14.8. The van der Waals surface area contributed by atoms with Crippen molar-refractivity contribution in [2.24, 2.45) is 0 Å². The Morgan fingerprint density at radius 1 is 1.28 bits per heavy atom. The summed E-state index contributed by atoms with van der Waals surface area (Å²) in [6.07, 6.45) is 5.03. The molecule has 2 nitrogen and oxygen atoms in total. The molecule has 18 heavy (non-hydrogen) atoms. The Labute approximate surface area is 111 Å². The Hall–Kier alpha value is -1.28. The SMILES string of the molecule is C=CCCOc1ccc(C(CC)NCCC)cc1. The van der Waals surface area contributed by atoms with Crippen molar-refractivity contribution in [2.45, 2.75) is 39.2 Å². The summed E-state index contributed by atoms with van der Waals surface area (Å²) in [6, 6.07) is 8.86. The molecule has 0 aliphatic carbocycles. The van der Waals surface area contributed by atoms with Crippen LogP contribution in [0.2, 0.25) is 0 Å². The van der Waals surface area contributed by atoms with Gasteiger partial charge in [-0.1, -0.05) is 32.1 Å². The number of nitrogens with one attached hydrogen (secondary N) is 1. The molecule has 0 heterocycles. The topological polar surface area (TPSA) is 21.3 Å². The Bertz CT molecular complexity index is 331. The number of ether oxygens (including phenoxy) is 1. The first-order valence-corrected chi connectivity index (χ1v) is 6.88. The van der Waals surface area contributed by atoms with Crippen molar-refractivity contribution in [3.63, 3.8) is 0 Å². The van der Waals surface area contributed by atoms with Crippen molar-refractivity contribution in [1.82, 2.24) is 5.32 Å². The third kappa shape index (κ3) is 4.92. The van der Waals surface area contributed by atoms with Gasteiger partial charge in [0.2, 0.25) is 0 Å². The van der Waals surface area contributed by atoms with Crippen LogP contribution in [0.3, 0.4) is 0 Å². The molecule has 0 amide bonds. The lowest BCUT2D eigenvalue weighted by Crippen LogP contribution is -2.21. The molecule has 1 rings (SSSR count). The molecule has 0 aliphatic heterocycles. The summed E-state index contributed by atoms with van der Waals surface area (Å²) >= 11 is 0. The van der Waals surface area contributed by atoms with E-state index in [1.165, 1.54) is 12.0 Å². The number of hydrogen-bond acceptors (Lipinski definition) is 2. The maximum absolute atomic E-state index is 5.60. The second-order valence-electron chi connectivity index (χ2n) is 4.41. The highest BCUT2D eigenvalue weighted by Crippen LogP contribution is 2.20. The van der Waals surface area contributed by atoms with Crippen LogP contribution in [0.15, 0.2) is 36.9 Å². The zero-order valence-corrected chi connectivity index (χ0v) is 11.6. The van der Waals surface area contributed by atoms with Crippen LogP contribution in [-0.2, 0) is 0 Å². The van der Waals surface area contributed by atoms with E-state index in [1.54, 1.807) is 0 Å². The lowest BCUT2D eigenvalue weighted by atomic mass is 10.0. The summed E-state index contributed by atoms with van der Waals surface area (Å²) in [4.78, 5) is 0. The maximum atomic E-state index is 5.60. The molecule has 1 N–H and O–H groups in total. The van der Waals surface area contributed by atoms with Crippen LogP contribution in [0.25, 0.3) is 0 Å². The molecule has 0 spiro atoms. The van der Waals surface area contributed by atoms with Crippen molar-refractivity contribution in [1.29, 1.82) is 0 Å². The highest BCUT2D eigenvalue weighted by Gasteiger charge is 2.07. The van der Waals surface area contributed by atoms with Crippen LogP contribution in [-0.4, -0.2) is 13.2 Å². The Balaban J connectivity index is 2.54. The average Bonchev–Trinajstić information content (AvgIpc) is 2.41. The van der Waals surface area contributed by atoms with Crippen molar-refractivity contribution < 1.29 is 4.74 Å². The average molecular weight is 247 g/mol. The first-order chi connectivity index (χ1) is 8.81. The standard InChI is InChI=1S/C16H25NO/c1-4-7-13-18-15-10-8-14(9-11-15)16(6-3)17-12-5-2/h4,8-11,16-17H,1,5-7,12-13H2,2-3H3. The molecule has 1 unspecified atom stereocenters. The van der Waals surface area contributed by atoms with Crippen LogP contribution in [0.5, 0.6) is 5.75 Å². The van der Waals surface area contributed by atoms with E-state index in [0.29, 0.717) is 12.6 Å². The molecule has 2 heteroatoms. The number of benzene rings is 1.